The van der Waals surface area contributed by atoms with Crippen molar-refractivity contribution in [1.29, 1.82) is 0 Å². The van der Waals surface area contributed by atoms with Gasteiger partial charge < -0.3 is 14.6 Å². The quantitative estimate of drug-likeness (QED) is 0.757. The average Bonchev–Trinajstić information content (AvgIpc) is 2.77. The number of rotatable bonds is 1. The number of ether oxygens (including phenoxy) is 2. The van der Waals surface area contributed by atoms with E-state index in [1.807, 2.05) is 12.1 Å². The van der Waals surface area contributed by atoms with Gasteiger partial charge in [0.1, 0.15) is 0 Å². The molecule has 15 heavy (non-hydrogen) atoms. The van der Waals surface area contributed by atoms with Crippen LogP contribution in [0.15, 0.2) is 12.1 Å². The molecule has 1 aromatic rings. The number of aliphatic carboxylic acids is 1. The molecule has 0 radical (unpaired) electrons. The van der Waals surface area contributed by atoms with Gasteiger partial charge in [-0.1, -0.05) is 0 Å². The maximum atomic E-state index is 11.0. The van der Waals surface area contributed by atoms with Crippen LogP contribution in [0.25, 0.3) is 0 Å². The number of carboxylic acid groups (broad SMARTS) is 1. The van der Waals surface area contributed by atoms with Crippen LogP contribution in [0.4, 0.5) is 0 Å². The van der Waals surface area contributed by atoms with Crippen molar-refractivity contribution in [3.8, 4) is 11.5 Å². The molecule has 1 N–H and O–H groups in total. The summed E-state index contributed by atoms with van der Waals surface area (Å²) in [5.41, 5.74) is 1.96. The number of hydrogen-bond donors (Lipinski definition) is 1. The summed E-state index contributed by atoms with van der Waals surface area (Å²) in [6, 6.07) is 3.71. The highest BCUT2D eigenvalue weighted by Crippen LogP contribution is 2.42. The first-order valence-corrected chi connectivity index (χ1v) is 4.91. The Labute approximate surface area is 86.4 Å². The first-order valence-electron chi connectivity index (χ1n) is 4.91. The Morgan fingerprint density at radius 3 is 2.80 bits per heavy atom. The second-order valence-corrected chi connectivity index (χ2v) is 3.83. The molecule has 1 aromatic carbocycles. The van der Waals surface area contributed by atoms with Crippen LogP contribution in [0.2, 0.25) is 0 Å². The minimum absolute atomic E-state index is 0.232. The Kier molecular flexibility index (Phi) is 1.65. The van der Waals surface area contributed by atoms with E-state index in [0.717, 1.165) is 23.3 Å². The summed E-state index contributed by atoms with van der Waals surface area (Å²) in [7, 11) is 0. The number of benzene rings is 1. The topological polar surface area (TPSA) is 55.8 Å². The molecule has 2 aliphatic rings. The molecule has 0 saturated heterocycles. The zero-order valence-corrected chi connectivity index (χ0v) is 8.03. The Hall–Kier alpha value is -1.71. The predicted molar refractivity (Wildman–Crippen MR) is 51.3 cm³/mol. The molecule has 0 amide bonds. The molecule has 0 bridgehead atoms. The molecular weight excluding hydrogens is 196 g/mol. The summed E-state index contributed by atoms with van der Waals surface area (Å²) in [5.74, 6) is 0.267. The van der Waals surface area contributed by atoms with E-state index >= 15 is 0 Å². The third kappa shape index (κ3) is 1.17. The maximum absolute atomic E-state index is 11.0. The molecule has 0 aromatic heterocycles. The Morgan fingerprint density at radius 2 is 2.07 bits per heavy atom. The molecule has 1 unspecified atom stereocenters. The predicted octanol–water partition coefficient (Wildman–Crippen LogP) is 1.53. The maximum Gasteiger partial charge on any atom is 0.310 e. The van der Waals surface area contributed by atoms with E-state index < -0.39 is 5.97 Å². The van der Waals surface area contributed by atoms with Crippen molar-refractivity contribution in [2.45, 2.75) is 18.8 Å². The van der Waals surface area contributed by atoms with Crippen LogP contribution in [0.5, 0.6) is 11.5 Å². The van der Waals surface area contributed by atoms with Crippen molar-refractivity contribution >= 4 is 5.97 Å². The van der Waals surface area contributed by atoms with Gasteiger partial charge in [-0.3, -0.25) is 4.79 Å². The normalized spacial score (nSPS) is 21.5. The number of fused-ring (bicyclic) bond motifs is 2. The van der Waals surface area contributed by atoms with Crippen LogP contribution in [-0.2, 0) is 11.2 Å². The fraction of sp³-hybridized carbons (Fsp3) is 0.364. The third-order valence-electron chi connectivity index (χ3n) is 3.01. The lowest BCUT2D eigenvalue weighted by molar-refractivity contribution is -0.138. The van der Waals surface area contributed by atoms with Crippen LogP contribution < -0.4 is 9.47 Å². The molecule has 1 heterocycles. The van der Waals surface area contributed by atoms with Crippen LogP contribution in [0.3, 0.4) is 0 Å². The zero-order valence-electron chi connectivity index (χ0n) is 8.03. The minimum atomic E-state index is -0.757. The summed E-state index contributed by atoms with van der Waals surface area (Å²) in [5, 5.41) is 9.04. The summed E-state index contributed by atoms with van der Waals surface area (Å²) < 4.78 is 10.5. The van der Waals surface area contributed by atoms with Gasteiger partial charge >= 0.3 is 5.97 Å². The lowest BCUT2D eigenvalue weighted by atomic mass is 10.0. The van der Waals surface area contributed by atoms with Crippen LogP contribution in [-0.4, -0.2) is 17.9 Å². The highest BCUT2D eigenvalue weighted by Gasteiger charge is 2.31. The average molecular weight is 206 g/mol. The van der Waals surface area contributed by atoms with Gasteiger partial charge in [-0.15, -0.1) is 0 Å². The van der Waals surface area contributed by atoms with E-state index in [1.165, 1.54) is 0 Å². The Bertz CT molecular complexity index is 438. The first kappa shape index (κ1) is 8.59. The van der Waals surface area contributed by atoms with Crippen molar-refractivity contribution in [3.05, 3.63) is 23.3 Å². The lowest BCUT2D eigenvalue weighted by Crippen LogP contribution is -2.07. The fourth-order valence-corrected chi connectivity index (χ4v) is 2.25. The number of hydrogen-bond acceptors (Lipinski definition) is 3. The largest absolute Gasteiger partial charge is 0.481 e. The molecule has 0 saturated carbocycles. The highest BCUT2D eigenvalue weighted by atomic mass is 16.7. The summed E-state index contributed by atoms with van der Waals surface area (Å²) in [6.45, 7) is 0.232. The van der Waals surface area contributed by atoms with Crippen molar-refractivity contribution < 1.29 is 19.4 Å². The molecule has 4 heteroatoms. The molecule has 0 spiro atoms. The van der Waals surface area contributed by atoms with Crippen molar-refractivity contribution in [1.82, 2.24) is 0 Å². The van der Waals surface area contributed by atoms with Crippen molar-refractivity contribution in [2.75, 3.05) is 6.79 Å². The molecule has 78 valence electrons. The molecule has 1 aliphatic heterocycles. The summed E-state index contributed by atoms with van der Waals surface area (Å²) in [4.78, 5) is 11.0. The van der Waals surface area contributed by atoms with Gasteiger partial charge in [-0.05, 0) is 36.1 Å². The SMILES string of the molecule is O=C(O)C1CCc2cc3c(cc21)OCO3. The monoisotopic (exact) mass is 206 g/mol. The smallest absolute Gasteiger partial charge is 0.310 e. The van der Waals surface area contributed by atoms with Gasteiger partial charge in [-0.25, -0.2) is 0 Å². The highest BCUT2D eigenvalue weighted by molar-refractivity contribution is 5.78. The van der Waals surface area contributed by atoms with E-state index in [-0.39, 0.29) is 12.7 Å². The molecule has 1 atom stereocenters. The number of carbonyl (C=O) groups is 1. The zero-order chi connectivity index (χ0) is 10.4. The van der Waals surface area contributed by atoms with Gasteiger partial charge in [0, 0.05) is 0 Å². The van der Waals surface area contributed by atoms with Gasteiger partial charge in [0.15, 0.2) is 11.5 Å². The van der Waals surface area contributed by atoms with Gasteiger partial charge in [0.05, 0.1) is 5.92 Å². The second-order valence-electron chi connectivity index (χ2n) is 3.83. The van der Waals surface area contributed by atoms with Gasteiger partial charge in [0.25, 0.3) is 0 Å². The summed E-state index contributed by atoms with van der Waals surface area (Å²) in [6.07, 6.45) is 1.48. The van der Waals surface area contributed by atoms with Gasteiger partial charge in [-0.2, -0.15) is 0 Å². The number of aryl methyl sites for hydroxylation is 1. The van der Waals surface area contributed by atoms with E-state index in [9.17, 15) is 4.79 Å². The second kappa shape index (κ2) is 2.89. The van der Waals surface area contributed by atoms with E-state index in [4.69, 9.17) is 14.6 Å². The summed E-state index contributed by atoms with van der Waals surface area (Å²) >= 11 is 0. The lowest BCUT2D eigenvalue weighted by Gasteiger charge is -2.06. The molecule has 4 nitrogen and oxygen atoms in total. The van der Waals surface area contributed by atoms with Crippen LogP contribution in [0.1, 0.15) is 23.5 Å². The Morgan fingerprint density at radius 1 is 1.33 bits per heavy atom. The van der Waals surface area contributed by atoms with Gasteiger partial charge in [0.2, 0.25) is 6.79 Å². The number of carboxylic acids is 1. The molecule has 1 aliphatic carbocycles. The van der Waals surface area contributed by atoms with E-state index in [0.29, 0.717) is 12.2 Å². The third-order valence-corrected chi connectivity index (χ3v) is 3.01. The van der Waals surface area contributed by atoms with Crippen molar-refractivity contribution in [3.63, 3.8) is 0 Å². The van der Waals surface area contributed by atoms with Crippen molar-refractivity contribution in [2.24, 2.45) is 0 Å². The van der Waals surface area contributed by atoms with Crippen LogP contribution in [0, 0.1) is 0 Å². The molecule has 0 fully saturated rings. The molecular formula is C11H10O4. The standard InChI is InChI=1S/C11H10O4/c12-11(13)7-2-1-6-3-9-10(4-8(6)7)15-5-14-9/h3-4,7H,1-2,5H2,(H,12,13). The van der Waals surface area contributed by atoms with E-state index in [1.54, 1.807) is 0 Å². The first-order chi connectivity index (χ1) is 7.25. The minimum Gasteiger partial charge on any atom is -0.481 e. The Balaban J connectivity index is 2.10. The molecule has 3 rings (SSSR count). The van der Waals surface area contributed by atoms with Crippen LogP contribution >= 0.6 is 0 Å². The van der Waals surface area contributed by atoms with E-state index in [2.05, 4.69) is 0 Å². The fourth-order valence-electron chi connectivity index (χ4n) is 2.25.